The molecule has 0 amide bonds. The van der Waals surface area contributed by atoms with Gasteiger partial charge in [-0.15, -0.1) is 0 Å². The molecule has 0 bridgehead atoms. The van der Waals surface area contributed by atoms with Gasteiger partial charge in [0.05, 0.1) is 31.4 Å². The van der Waals surface area contributed by atoms with E-state index in [4.69, 9.17) is 9.47 Å². The molecule has 0 unspecified atom stereocenters. The van der Waals surface area contributed by atoms with E-state index in [0.717, 1.165) is 11.8 Å². The second-order valence-electron chi connectivity index (χ2n) is 9.30. The summed E-state index contributed by atoms with van der Waals surface area (Å²) in [7, 11) is -0.570. The number of H-pyrrole nitrogens is 1. The van der Waals surface area contributed by atoms with Crippen molar-refractivity contribution in [1.82, 2.24) is 9.97 Å². The summed E-state index contributed by atoms with van der Waals surface area (Å²) in [5.74, 6) is 0.559. The Morgan fingerprint density at radius 2 is 1.71 bits per heavy atom. The van der Waals surface area contributed by atoms with Crippen molar-refractivity contribution in [3.63, 3.8) is 0 Å². The van der Waals surface area contributed by atoms with Gasteiger partial charge in [-0.1, -0.05) is 12.1 Å². The summed E-state index contributed by atoms with van der Waals surface area (Å²) in [4.78, 5) is 20.2. The van der Waals surface area contributed by atoms with Crippen LogP contribution in [0.15, 0.2) is 59.5 Å². The lowest BCUT2D eigenvalue weighted by Crippen LogP contribution is -2.19. The SMILES string of the molecule is COc1ccc(-c2cc(C3(C(F)F)CC3)c(OC)c3cc(-c4ccc(NS(C)(=O)=O)cc4)cnc23)c(=O)[nH]1. The Morgan fingerprint density at radius 1 is 1.00 bits per heavy atom. The Kier molecular flexibility index (Phi) is 6.34. The van der Waals surface area contributed by atoms with Gasteiger partial charge in [0, 0.05) is 39.5 Å². The number of benzene rings is 2. The largest absolute Gasteiger partial charge is 0.496 e. The number of aromatic amines is 1. The first-order valence-corrected chi connectivity index (χ1v) is 13.6. The second-order valence-corrected chi connectivity index (χ2v) is 11.1. The molecule has 5 rings (SSSR count). The molecule has 1 fully saturated rings. The van der Waals surface area contributed by atoms with Crippen molar-refractivity contribution in [2.75, 3.05) is 25.2 Å². The Bertz CT molecular complexity index is 1700. The summed E-state index contributed by atoms with van der Waals surface area (Å²) in [6.45, 7) is 0. The maximum atomic E-state index is 14.3. The third kappa shape index (κ3) is 4.58. The highest BCUT2D eigenvalue weighted by atomic mass is 32.2. The Labute approximate surface area is 217 Å². The summed E-state index contributed by atoms with van der Waals surface area (Å²) >= 11 is 0. The number of hydrogen-bond acceptors (Lipinski definition) is 6. The normalized spacial score (nSPS) is 14.5. The smallest absolute Gasteiger partial charge is 0.258 e. The van der Waals surface area contributed by atoms with Crippen molar-refractivity contribution in [3.05, 3.63) is 70.6 Å². The molecule has 2 heterocycles. The highest BCUT2D eigenvalue weighted by molar-refractivity contribution is 7.92. The molecule has 0 atom stereocenters. The van der Waals surface area contributed by atoms with Crippen LogP contribution in [-0.4, -0.2) is 45.3 Å². The molecular formula is C27H25F2N3O5S. The van der Waals surface area contributed by atoms with Crippen LogP contribution in [0.25, 0.3) is 33.2 Å². The zero-order valence-corrected chi connectivity index (χ0v) is 21.7. The van der Waals surface area contributed by atoms with Crippen molar-refractivity contribution in [3.8, 4) is 33.9 Å². The number of pyridine rings is 2. The number of hydrogen-bond donors (Lipinski definition) is 2. The number of nitrogens with zero attached hydrogens (tertiary/aromatic N) is 1. The number of alkyl halides is 2. The number of halogens is 2. The monoisotopic (exact) mass is 541 g/mol. The van der Waals surface area contributed by atoms with E-state index in [-0.39, 0.29) is 17.2 Å². The first-order valence-electron chi connectivity index (χ1n) is 11.7. The van der Waals surface area contributed by atoms with E-state index in [9.17, 15) is 22.0 Å². The summed E-state index contributed by atoms with van der Waals surface area (Å²) in [5.41, 5.74) is 1.42. The molecule has 2 aromatic heterocycles. The maximum absolute atomic E-state index is 14.3. The van der Waals surface area contributed by atoms with Crippen LogP contribution in [-0.2, 0) is 15.4 Å². The first-order chi connectivity index (χ1) is 18.1. The fraction of sp³-hybridized carbons (Fsp3) is 0.259. The zero-order chi connectivity index (χ0) is 27.2. The van der Waals surface area contributed by atoms with E-state index in [1.165, 1.54) is 14.2 Å². The van der Waals surface area contributed by atoms with E-state index in [0.29, 0.717) is 46.1 Å². The number of nitrogens with one attached hydrogen (secondary N) is 2. The Morgan fingerprint density at radius 3 is 2.26 bits per heavy atom. The summed E-state index contributed by atoms with van der Waals surface area (Å²) in [6.07, 6.45) is 0.665. The van der Waals surface area contributed by atoms with E-state index in [2.05, 4.69) is 14.7 Å². The summed E-state index contributed by atoms with van der Waals surface area (Å²) < 4.78 is 64.8. The molecular weight excluding hydrogens is 516 g/mol. The third-order valence-electron chi connectivity index (χ3n) is 6.78. The number of aromatic nitrogens is 2. The van der Waals surface area contributed by atoms with Crippen LogP contribution in [0.4, 0.5) is 14.5 Å². The van der Waals surface area contributed by atoms with E-state index in [1.807, 2.05) is 0 Å². The average molecular weight is 542 g/mol. The highest BCUT2D eigenvalue weighted by Crippen LogP contribution is 2.57. The molecule has 0 saturated heterocycles. The fourth-order valence-corrected chi connectivity index (χ4v) is 5.26. The standard InChI is InChI=1S/C27H25F2N3O5S/c1-36-22-9-8-18(25(33)31-22)19-13-21(27(10-11-27)26(28)29)24(37-2)20-12-16(14-30-23(19)20)15-4-6-17(7-5-15)32-38(3,34)35/h4-9,12-14,26,32H,10-11H2,1-3H3,(H,31,33). The molecule has 0 radical (unpaired) electrons. The molecule has 8 nitrogen and oxygen atoms in total. The Hall–Kier alpha value is -3.99. The third-order valence-corrected chi connectivity index (χ3v) is 7.39. The van der Waals surface area contributed by atoms with Gasteiger partial charge < -0.3 is 9.47 Å². The van der Waals surface area contributed by atoms with Crippen molar-refractivity contribution in [2.45, 2.75) is 24.7 Å². The minimum Gasteiger partial charge on any atom is -0.496 e. The lowest BCUT2D eigenvalue weighted by Gasteiger charge is -2.22. The molecule has 1 aliphatic carbocycles. The highest BCUT2D eigenvalue weighted by Gasteiger charge is 2.54. The number of sulfonamides is 1. The van der Waals surface area contributed by atoms with Crippen LogP contribution >= 0.6 is 0 Å². The van der Waals surface area contributed by atoms with Gasteiger partial charge in [0.15, 0.2) is 5.88 Å². The van der Waals surface area contributed by atoms with Crippen molar-refractivity contribution in [1.29, 1.82) is 0 Å². The number of methoxy groups -OCH3 is 2. The molecule has 1 aliphatic rings. The molecule has 11 heteroatoms. The number of anilines is 1. The summed E-state index contributed by atoms with van der Waals surface area (Å²) in [5, 5.41) is 0.484. The Balaban J connectivity index is 1.73. The van der Waals surface area contributed by atoms with Crippen LogP contribution in [0.2, 0.25) is 0 Å². The minimum atomic E-state index is -3.43. The summed E-state index contributed by atoms with van der Waals surface area (Å²) in [6, 6.07) is 13.2. The van der Waals surface area contributed by atoms with Gasteiger partial charge in [0.25, 0.3) is 5.56 Å². The van der Waals surface area contributed by atoms with E-state index in [1.54, 1.807) is 54.7 Å². The topological polar surface area (TPSA) is 110 Å². The molecule has 1 saturated carbocycles. The van der Waals surface area contributed by atoms with Crippen LogP contribution < -0.4 is 19.8 Å². The second kappa shape index (κ2) is 9.39. The fourth-order valence-electron chi connectivity index (χ4n) is 4.70. The van der Waals surface area contributed by atoms with Crippen molar-refractivity contribution >= 4 is 26.6 Å². The van der Waals surface area contributed by atoms with Gasteiger partial charge in [0.1, 0.15) is 5.75 Å². The predicted molar refractivity (Wildman–Crippen MR) is 142 cm³/mol. The number of rotatable bonds is 8. The van der Waals surface area contributed by atoms with Gasteiger partial charge in [-0.3, -0.25) is 19.5 Å². The zero-order valence-electron chi connectivity index (χ0n) is 20.8. The van der Waals surface area contributed by atoms with Gasteiger partial charge >= 0.3 is 0 Å². The average Bonchev–Trinajstić information content (AvgIpc) is 3.69. The van der Waals surface area contributed by atoms with Gasteiger partial charge in [0.2, 0.25) is 16.4 Å². The first kappa shape index (κ1) is 25.7. The number of ether oxygens (including phenoxy) is 2. The molecule has 2 aromatic carbocycles. The lowest BCUT2D eigenvalue weighted by molar-refractivity contribution is 0.100. The van der Waals surface area contributed by atoms with Gasteiger partial charge in [-0.25, -0.2) is 17.2 Å². The molecule has 2 N–H and O–H groups in total. The predicted octanol–water partition coefficient (Wildman–Crippen LogP) is 4.94. The number of fused-ring (bicyclic) bond motifs is 1. The molecule has 38 heavy (non-hydrogen) atoms. The van der Waals surface area contributed by atoms with Crippen LogP contribution in [0.3, 0.4) is 0 Å². The van der Waals surface area contributed by atoms with Crippen LogP contribution in [0.5, 0.6) is 11.6 Å². The lowest BCUT2D eigenvalue weighted by atomic mass is 9.89. The minimum absolute atomic E-state index is 0.265. The van der Waals surface area contributed by atoms with E-state index < -0.39 is 27.4 Å². The van der Waals surface area contributed by atoms with Crippen molar-refractivity contribution < 1.29 is 26.7 Å². The maximum Gasteiger partial charge on any atom is 0.258 e. The molecule has 0 aliphatic heterocycles. The molecule has 0 spiro atoms. The van der Waals surface area contributed by atoms with Crippen molar-refractivity contribution in [2.24, 2.45) is 0 Å². The molecule has 198 valence electrons. The van der Waals surface area contributed by atoms with Crippen LogP contribution in [0.1, 0.15) is 18.4 Å². The van der Waals surface area contributed by atoms with Gasteiger partial charge in [-0.05, 0) is 54.8 Å². The van der Waals surface area contributed by atoms with E-state index >= 15 is 0 Å². The molecule has 4 aromatic rings. The quantitative estimate of drug-likeness (QED) is 0.327. The van der Waals surface area contributed by atoms with Gasteiger partial charge in [-0.2, -0.15) is 0 Å². The van der Waals surface area contributed by atoms with Crippen LogP contribution in [0, 0.1) is 0 Å².